The smallest absolute Gasteiger partial charge is 0.00670 e. The maximum atomic E-state index is 3.64. The molecule has 1 unspecified atom stereocenters. The van der Waals surface area contributed by atoms with E-state index in [-0.39, 0.29) is 0 Å². The first-order valence-electron chi connectivity index (χ1n) is 6.32. The van der Waals surface area contributed by atoms with Crippen LogP contribution in [0.2, 0.25) is 0 Å². The van der Waals surface area contributed by atoms with Crippen molar-refractivity contribution in [1.29, 1.82) is 0 Å². The minimum atomic E-state index is 0.772. The van der Waals surface area contributed by atoms with Crippen LogP contribution in [-0.4, -0.2) is 37.1 Å². The first kappa shape index (κ1) is 10.4. The van der Waals surface area contributed by atoms with Gasteiger partial charge < -0.3 is 10.2 Å². The zero-order valence-electron chi connectivity index (χ0n) is 9.47. The summed E-state index contributed by atoms with van der Waals surface area (Å²) >= 11 is 0. The number of hydrogen-bond acceptors (Lipinski definition) is 2. The van der Waals surface area contributed by atoms with Crippen molar-refractivity contribution in [3.05, 3.63) is 0 Å². The monoisotopic (exact) mass is 196 g/mol. The Morgan fingerprint density at radius 1 is 1.29 bits per heavy atom. The van der Waals surface area contributed by atoms with Gasteiger partial charge in [-0.2, -0.15) is 0 Å². The van der Waals surface area contributed by atoms with E-state index in [1.807, 2.05) is 0 Å². The van der Waals surface area contributed by atoms with Gasteiger partial charge in [0.2, 0.25) is 0 Å². The third kappa shape index (κ3) is 3.25. The zero-order chi connectivity index (χ0) is 9.80. The minimum Gasteiger partial charge on any atom is -0.314 e. The Labute approximate surface area is 88.1 Å². The Morgan fingerprint density at radius 3 is 2.64 bits per heavy atom. The van der Waals surface area contributed by atoms with Crippen LogP contribution in [0.25, 0.3) is 0 Å². The summed E-state index contributed by atoms with van der Waals surface area (Å²) in [4.78, 5) is 2.60. The molecule has 2 heteroatoms. The van der Waals surface area contributed by atoms with E-state index in [4.69, 9.17) is 0 Å². The van der Waals surface area contributed by atoms with Gasteiger partial charge in [-0.15, -0.1) is 0 Å². The molecule has 1 N–H and O–H groups in total. The molecule has 1 heterocycles. The SMILES string of the molecule is CC(NCCCN1CCCC1)C1CC1. The van der Waals surface area contributed by atoms with E-state index in [2.05, 4.69) is 17.1 Å². The lowest BCUT2D eigenvalue weighted by atomic mass is 10.2. The summed E-state index contributed by atoms with van der Waals surface area (Å²) in [6.07, 6.45) is 7.09. The molecule has 0 aromatic heterocycles. The summed E-state index contributed by atoms with van der Waals surface area (Å²) in [7, 11) is 0. The summed E-state index contributed by atoms with van der Waals surface area (Å²) in [6.45, 7) is 7.56. The fraction of sp³-hybridized carbons (Fsp3) is 1.00. The molecule has 1 atom stereocenters. The van der Waals surface area contributed by atoms with Gasteiger partial charge in [0.15, 0.2) is 0 Å². The zero-order valence-corrected chi connectivity index (χ0v) is 9.47. The van der Waals surface area contributed by atoms with Gasteiger partial charge in [-0.25, -0.2) is 0 Å². The van der Waals surface area contributed by atoms with Gasteiger partial charge in [0, 0.05) is 6.04 Å². The van der Waals surface area contributed by atoms with E-state index in [0.717, 1.165) is 12.0 Å². The first-order chi connectivity index (χ1) is 6.86. The van der Waals surface area contributed by atoms with Crippen molar-refractivity contribution >= 4 is 0 Å². The Hall–Kier alpha value is -0.0800. The maximum Gasteiger partial charge on any atom is 0.00670 e. The number of likely N-dealkylation sites (tertiary alicyclic amines) is 1. The molecule has 2 fully saturated rings. The van der Waals surface area contributed by atoms with Crippen LogP contribution in [0.1, 0.15) is 39.0 Å². The van der Waals surface area contributed by atoms with Crippen molar-refractivity contribution in [3.63, 3.8) is 0 Å². The predicted octanol–water partition coefficient (Wildman–Crippen LogP) is 1.86. The summed E-state index contributed by atoms with van der Waals surface area (Å²) in [5, 5.41) is 3.64. The van der Waals surface area contributed by atoms with Crippen molar-refractivity contribution in [2.45, 2.75) is 45.1 Å². The van der Waals surface area contributed by atoms with E-state index < -0.39 is 0 Å². The lowest BCUT2D eigenvalue weighted by Gasteiger charge is -2.16. The Kier molecular flexibility index (Phi) is 3.82. The molecule has 0 aromatic carbocycles. The second-order valence-electron chi connectivity index (χ2n) is 4.98. The Balaban J connectivity index is 1.46. The topological polar surface area (TPSA) is 15.3 Å². The maximum absolute atomic E-state index is 3.64. The summed E-state index contributed by atoms with van der Waals surface area (Å²) in [5.41, 5.74) is 0. The van der Waals surface area contributed by atoms with E-state index >= 15 is 0 Å². The van der Waals surface area contributed by atoms with E-state index in [1.165, 1.54) is 58.3 Å². The van der Waals surface area contributed by atoms with Crippen LogP contribution < -0.4 is 5.32 Å². The molecule has 1 saturated heterocycles. The number of nitrogens with zero attached hydrogens (tertiary/aromatic N) is 1. The molecule has 2 aliphatic rings. The van der Waals surface area contributed by atoms with Crippen LogP contribution in [0.4, 0.5) is 0 Å². The van der Waals surface area contributed by atoms with Crippen molar-refractivity contribution in [2.75, 3.05) is 26.2 Å². The van der Waals surface area contributed by atoms with Gasteiger partial charge in [0.05, 0.1) is 0 Å². The van der Waals surface area contributed by atoms with Crippen molar-refractivity contribution in [3.8, 4) is 0 Å². The largest absolute Gasteiger partial charge is 0.314 e. The molecular weight excluding hydrogens is 172 g/mol. The fourth-order valence-corrected chi connectivity index (χ4v) is 2.40. The molecule has 0 amide bonds. The second-order valence-corrected chi connectivity index (χ2v) is 4.98. The van der Waals surface area contributed by atoms with Crippen LogP contribution in [0.3, 0.4) is 0 Å². The van der Waals surface area contributed by atoms with Gasteiger partial charge in [-0.1, -0.05) is 0 Å². The van der Waals surface area contributed by atoms with E-state index in [1.54, 1.807) is 0 Å². The summed E-state index contributed by atoms with van der Waals surface area (Å²) in [6, 6.07) is 0.772. The van der Waals surface area contributed by atoms with Gasteiger partial charge in [-0.05, 0) is 71.1 Å². The van der Waals surface area contributed by atoms with Gasteiger partial charge >= 0.3 is 0 Å². The second kappa shape index (κ2) is 5.13. The molecule has 82 valence electrons. The molecule has 0 radical (unpaired) electrons. The third-order valence-electron chi connectivity index (χ3n) is 3.65. The highest BCUT2D eigenvalue weighted by molar-refractivity contribution is 4.83. The lowest BCUT2D eigenvalue weighted by Crippen LogP contribution is -2.31. The molecule has 14 heavy (non-hydrogen) atoms. The van der Waals surface area contributed by atoms with Crippen LogP contribution in [-0.2, 0) is 0 Å². The molecule has 0 spiro atoms. The molecule has 1 saturated carbocycles. The predicted molar refractivity (Wildman–Crippen MR) is 60.5 cm³/mol. The molecular formula is C12H24N2. The Bertz CT molecular complexity index is 156. The molecule has 0 bridgehead atoms. The Morgan fingerprint density at radius 2 is 2.00 bits per heavy atom. The highest BCUT2D eigenvalue weighted by Crippen LogP contribution is 2.32. The van der Waals surface area contributed by atoms with Crippen LogP contribution in [0.5, 0.6) is 0 Å². The molecule has 2 rings (SSSR count). The first-order valence-corrected chi connectivity index (χ1v) is 6.32. The van der Waals surface area contributed by atoms with Gasteiger partial charge in [0.25, 0.3) is 0 Å². The molecule has 1 aliphatic carbocycles. The van der Waals surface area contributed by atoms with Crippen molar-refractivity contribution in [2.24, 2.45) is 5.92 Å². The average molecular weight is 196 g/mol. The quantitative estimate of drug-likeness (QED) is 0.652. The fourth-order valence-electron chi connectivity index (χ4n) is 2.40. The highest BCUT2D eigenvalue weighted by Gasteiger charge is 2.27. The van der Waals surface area contributed by atoms with E-state index in [9.17, 15) is 0 Å². The lowest BCUT2D eigenvalue weighted by molar-refractivity contribution is 0.326. The van der Waals surface area contributed by atoms with Crippen molar-refractivity contribution in [1.82, 2.24) is 10.2 Å². The normalized spacial score (nSPS) is 25.5. The molecule has 1 aliphatic heterocycles. The third-order valence-corrected chi connectivity index (χ3v) is 3.65. The van der Waals surface area contributed by atoms with Crippen LogP contribution in [0, 0.1) is 5.92 Å². The average Bonchev–Trinajstić information content (AvgIpc) is 2.92. The number of hydrogen-bond donors (Lipinski definition) is 1. The number of rotatable bonds is 6. The highest BCUT2D eigenvalue weighted by atomic mass is 15.1. The minimum absolute atomic E-state index is 0.772. The van der Waals surface area contributed by atoms with Crippen LogP contribution >= 0.6 is 0 Å². The van der Waals surface area contributed by atoms with Crippen LogP contribution in [0.15, 0.2) is 0 Å². The van der Waals surface area contributed by atoms with Gasteiger partial charge in [-0.3, -0.25) is 0 Å². The molecule has 0 aromatic rings. The number of nitrogens with one attached hydrogen (secondary N) is 1. The van der Waals surface area contributed by atoms with E-state index in [0.29, 0.717) is 0 Å². The summed E-state index contributed by atoms with van der Waals surface area (Å²) < 4.78 is 0. The van der Waals surface area contributed by atoms with Gasteiger partial charge in [0.1, 0.15) is 0 Å². The molecule has 2 nitrogen and oxygen atoms in total. The standard InChI is InChI=1S/C12H24N2/c1-11(12-5-6-12)13-7-4-10-14-8-2-3-9-14/h11-13H,2-10H2,1H3. The van der Waals surface area contributed by atoms with Crippen molar-refractivity contribution < 1.29 is 0 Å². The summed E-state index contributed by atoms with van der Waals surface area (Å²) in [5.74, 6) is 1.00.